The minimum absolute atomic E-state index is 0.0280. The Morgan fingerprint density at radius 1 is 0.737 bits per heavy atom. The molecule has 1 N–H and O–H groups in total. The van der Waals surface area contributed by atoms with Gasteiger partial charge in [0, 0.05) is 39.3 Å². The van der Waals surface area contributed by atoms with Crippen LogP contribution in [0.4, 0.5) is 0 Å². The fourth-order valence-corrected chi connectivity index (χ4v) is 13.8. The number of methoxy groups -OCH3 is 1. The minimum atomic E-state index is -2.50. The molecule has 0 amide bonds. The molecule has 17 nitrogen and oxygen atoms in total. The van der Waals surface area contributed by atoms with Crippen LogP contribution in [0, 0.1) is 11.8 Å². The molecule has 0 aromatic carbocycles. The molecule has 0 aromatic rings. The van der Waals surface area contributed by atoms with Crippen molar-refractivity contribution in [3.63, 3.8) is 0 Å². The summed E-state index contributed by atoms with van der Waals surface area (Å²) in [4.78, 5) is 31.5. The number of carbonyl (C=O) groups excluding carboxylic acids is 2. The number of aliphatic hydroxyl groups is 1. The van der Waals surface area contributed by atoms with Crippen molar-refractivity contribution in [3.05, 3.63) is 24.3 Å². The lowest BCUT2D eigenvalue weighted by molar-refractivity contribution is -0.343. The maximum atomic E-state index is 14.0. The second kappa shape index (κ2) is 26.5. The SMILES string of the molecule is COC1C2CC(=O)OC(C)CC=CC=CC(OC3CCC(N(C)C)C(C)O3)C(C)CC(CC(O[Si](C)(C)C(C)(C)C)O2)C1OC1OC(C)C(OC2C[C@@](C)(O)C(O[Si](C)(C)C(C)(C)C)C(C)O2)C(N(C)C)C1OC(C)=O. The minimum Gasteiger partial charge on any atom is -0.462 e. The molecule has 19 heteroatoms. The first-order chi connectivity index (χ1) is 35.0. The Labute approximate surface area is 460 Å². The highest BCUT2D eigenvalue weighted by Gasteiger charge is 2.56. The van der Waals surface area contributed by atoms with Gasteiger partial charge in [0.2, 0.25) is 0 Å². The van der Waals surface area contributed by atoms with Gasteiger partial charge in [0.25, 0.3) is 0 Å². The van der Waals surface area contributed by atoms with E-state index in [4.69, 9.17) is 56.2 Å². The molecule has 76 heavy (non-hydrogen) atoms. The molecule has 0 aliphatic carbocycles. The second-order valence-corrected chi connectivity index (χ2v) is 36.0. The van der Waals surface area contributed by atoms with Crippen LogP contribution >= 0.6 is 0 Å². The number of cyclic esters (lactones) is 1. The Morgan fingerprint density at radius 3 is 1.93 bits per heavy atom. The van der Waals surface area contributed by atoms with Gasteiger partial charge in [0.05, 0.1) is 60.8 Å². The quantitative estimate of drug-likeness (QED) is 0.129. The monoisotopic (exact) mass is 1110 g/mol. The van der Waals surface area contributed by atoms with Gasteiger partial charge in [-0.05, 0) is 130 Å². The maximum absolute atomic E-state index is 14.0. The van der Waals surface area contributed by atoms with Crippen LogP contribution in [0.2, 0.25) is 36.3 Å². The third-order valence-corrected chi connectivity index (χ3v) is 26.4. The summed E-state index contributed by atoms with van der Waals surface area (Å²) in [7, 11) is 4.77. The summed E-state index contributed by atoms with van der Waals surface area (Å²) < 4.78 is 81.2. The largest absolute Gasteiger partial charge is 0.462 e. The Hall–Kier alpha value is -1.67. The molecule has 0 radical (unpaired) electrons. The molecular weight excluding hydrogens is 1010 g/mol. The van der Waals surface area contributed by atoms with Gasteiger partial charge < -0.3 is 71.1 Å². The molecule has 5 aliphatic heterocycles. The number of carbonyl (C=O) groups is 2. The number of hydrogen-bond donors (Lipinski definition) is 1. The summed E-state index contributed by atoms with van der Waals surface area (Å²) >= 11 is 0. The van der Waals surface area contributed by atoms with Gasteiger partial charge in [-0.15, -0.1) is 0 Å². The smallest absolute Gasteiger partial charge is 0.308 e. The van der Waals surface area contributed by atoms with Crippen LogP contribution in [0.1, 0.15) is 135 Å². The summed E-state index contributed by atoms with van der Waals surface area (Å²) in [5, 5.41) is 11.8. The normalized spacial score (nSPS) is 40.0. The zero-order valence-corrected chi connectivity index (χ0v) is 52.8. The summed E-state index contributed by atoms with van der Waals surface area (Å²) in [6, 6.07) is -0.351. The number of fused-ring (bicyclic) bond motifs is 3. The van der Waals surface area contributed by atoms with E-state index in [2.05, 4.69) is 107 Å². The second-order valence-electron chi connectivity index (χ2n) is 26.5. The van der Waals surface area contributed by atoms with E-state index < -0.39 is 120 Å². The molecule has 440 valence electrons. The summed E-state index contributed by atoms with van der Waals surface area (Å²) in [5.41, 5.74) is -1.29. The van der Waals surface area contributed by atoms with Crippen molar-refractivity contribution >= 4 is 28.6 Å². The van der Waals surface area contributed by atoms with Crippen molar-refractivity contribution in [1.29, 1.82) is 0 Å². The third-order valence-electron chi connectivity index (χ3n) is 17.5. The maximum Gasteiger partial charge on any atom is 0.308 e. The number of allylic oxidation sites excluding steroid dienone is 2. The van der Waals surface area contributed by atoms with E-state index in [-0.39, 0.29) is 53.0 Å². The van der Waals surface area contributed by atoms with Crippen molar-refractivity contribution in [2.75, 3.05) is 35.3 Å². The van der Waals surface area contributed by atoms with Crippen LogP contribution in [0.5, 0.6) is 0 Å². The number of nitrogens with zero attached hydrogens (tertiary/aromatic N) is 2. The molecule has 5 heterocycles. The molecule has 0 spiro atoms. The lowest BCUT2D eigenvalue weighted by atomic mass is 9.82. The van der Waals surface area contributed by atoms with Gasteiger partial charge in [-0.1, -0.05) is 72.8 Å². The first-order valence-corrected chi connectivity index (χ1v) is 34.1. The highest BCUT2D eigenvalue weighted by molar-refractivity contribution is 6.74. The van der Waals surface area contributed by atoms with E-state index in [0.29, 0.717) is 19.3 Å². The molecule has 5 aliphatic rings. The van der Waals surface area contributed by atoms with Crippen LogP contribution in [-0.4, -0.2) is 189 Å². The first-order valence-electron chi connectivity index (χ1n) is 28.3. The predicted octanol–water partition coefficient (Wildman–Crippen LogP) is 9.11. The zero-order chi connectivity index (χ0) is 57.0. The van der Waals surface area contributed by atoms with E-state index >= 15 is 0 Å². The average molecular weight is 1110 g/mol. The van der Waals surface area contributed by atoms with Crippen molar-refractivity contribution in [2.24, 2.45) is 11.8 Å². The van der Waals surface area contributed by atoms with Crippen LogP contribution in [-0.2, 0) is 65.8 Å². The summed E-state index contributed by atoms with van der Waals surface area (Å²) in [5.74, 6) is -1.45. The van der Waals surface area contributed by atoms with E-state index in [1.165, 1.54) is 6.92 Å². The van der Waals surface area contributed by atoms with E-state index in [1.807, 2.05) is 58.0 Å². The van der Waals surface area contributed by atoms with Gasteiger partial charge in [0.1, 0.15) is 24.6 Å². The lowest BCUT2D eigenvalue weighted by Crippen LogP contribution is -2.67. The Bertz CT molecular complexity index is 1920. The van der Waals surface area contributed by atoms with Crippen molar-refractivity contribution < 1.29 is 70.9 Å². The van der Waals surface area contributed by atoms with Gasteiger partial charge in [-0.3, -0.25) is 9.59 Å². The first kappa shape index (κ1) is 65.1. The third kappa shape index (κ3) is 16.7. The Morgan fingerprint density at radius 2 is 1.37 bits per heavy atom. The molecule has 4 saturated heterocycles. The molecule has 5 rings (SSSR count). The fraction of sp³-hybridized carbons (Fsp3) is 0.895. The highest BCUT2D eigenvalue weighted by atomic mass is 28.4. The summed E-state index contributed by atoms with van der Waals surface area (Å²) in [6.07, 6.45) is 1.11. The highest BCUT2D eigenvalue weighted by Crippen LogP contribution is 2.45. The van der Waals surface area contributed by atoms with E-state index in [9.17, 15) is 14.7 Å². The van der Waals surface area contributed by atoms with Crippen LogP contribution < -0.4 is 0 Å². The number of ether oxygens (including phenoxy) is 10. The number of rotatable bonds is 14. The number of hydrogen-bond acceptors (Lipinski definition) is 17. The number of likely N-dealkylation sites (N-methyl/N-ethyl adjacent to an activating group) is 2. The molecule has 19 unspecified atom stereocenters. The van der Waals surface area contributed by atoms with E-state index in [0.717, 1.165) is 12.8 Å². The predicted molar refractivity (Wildman–Crippen MR) is 297 cm³/mol. The topological polar surface area (TPSA) is 172 Å². The average Bonchev–Trinajstić information content (AvgIpc) is 3.38. The van der Waals surface area contributed by atoms with Crippen LogP contribution in [0.3, 0.4) is 0 Å². The molecule has 0 saturated carbocycles. The van der Waals surface area contributed by atoms with Crippen LogP contribution in [0.25, 0.3) is 0 Å². The van der Waals surface area contributed by atoms with Crippen molar-refractivity contribution in [2.45, 2.75) is 281 Å². The number of esters is 2. The van der Waals surface area contributed by atoms with E-state index in [1.54, 1.807) is 14.0 Å². The molecule has 0 aromatic heterocycles. The van der Waals surface area contributed by atoms with Crippen molar-refractivity contribution in [1.82, 2.24) is 9.80 Å². The lowest BCUT2D eigenvalue weighted by Gasteiger charge is -2.52. The summed E-state index contributed by atoms with van der Waals surface area (Å²) in [6.45, 7) is 34.9. The van der Waals surface area contributed by atoms with Gasteiger partial charge in [-0.25, -0.2) is 0 Å². The Kier molecular flexibility index (Phi) is 22.7. The van der Waals surface area contributed by atoms with Gasteiger partial charge >= 0.3 is 11.9 Å². The van der Waals surface area contributed by atoms with Crippen molar-refractivity contribution in [3.8, 4) is 0 Å². The fourth-order valence-electron chi connectivity index (χ4n) is 11.2. The molecule has 2 bridgehead atoms. The van der Waals surface area contributed by atoms with Gasteiger partial charge in [0.15, 0.2) is 41.6 Å². The zero-order valence-electron chi connectivity index (χ0n) is 50.8. The van der Waals surface area contributed by atoms with Gasteiger partial charge in [-0.2, -0.15) is 0 Å². The van der Waals surface area contributed by atoms with Crippen LogP contribution in [0.15, 0.2) is 24.3 Å². The molecule has 20 atom stereocenters. The Balaban J connectivity index is 1.57. The molecular formula is C57H104N2O15Si2. The standard InChI is InChI=1S/C57H104N2O15Si2/c1-34-30-40-31-46(73-75(19,20)55(7,8)9)70-43(32-44(61)64-35(2)26-24-23-25-27-42(34)69-45-29-28-41(58(14)15)36(3)65-45)51(63-18)50(40)72-54-52(68-39(6)60)48(59(16)17)49(37(4)67-54)71-47-33-57(13,62)53(38(5)66-47)74-76(21,22)56(10,11)12/h23-25,27,34-38,40-43,45-54,62H,26,28-33H2,1-22H3/t34?,35?,36?,37?,38?,40?,41?,42?,43?,45?,46?,47?,48?,49?,50?,51?,52?,53?,54?,57-/m1/s1. The molecule has 4 fully saturated rings.